The molecule has 0 aliphatic carbocycles. The Bertz CT molecular complexity index is 1400. The second kappa shape index (κ2) is 9.65. The van der Waals surface area contributed by atoms with Crippen LogP contribution in [-0.4, -0.2) is 34.9 Å². The summed E-state index contributed by atoms with van der Waals surface area (Å²) in [5, 5.41) is 3.34. The Kier molecular flexibility index (Phi) is 6.65. The fraction of sp³-hybridized carbons (Fsp3) is 0.192. The number of amides is 1. The van der Waals surface area contributed by atoms with Crippen molar-refractivity contribution < 1.29 is 18.7 Å². The van der Waals surface area contributed by atoms with Crippen molar-refractivity contribution in [2.24, 2.45) is 0 Å². The van der Waals surface area contributed by atoms with Crippen LogP contribution < -0.4 is 10.1 Å². The fourth-order valence-electron chi connectivity index (χ4n) is 3.84. The Morgan fingerprint density at radius 2 is 1.88 bits per heavy atom. The minimum absolute atomic E-state index is 0.0162. The standard InChI is InChI=1S/C26H23ClFN3O3/c1-15(2)29-25(33)13-31-23-11-17(19-8-16(14-32)9-20(27)10-19)5-7-22(23)30-26(31)18-4-6-21(28)24(12-18)34-3/h4-12,14-15H,13H2,1-3H3,(H,29,33). The summed E-state index contributed by atoms with van der Waals surface area (Å²) in [7, 11) is 1.39. The van der Waals surface area contributed by atoms with Gasteiger partial charge in [0.25, 0.3) is 0 Å². The van der Waals surface area contributed by atoms with E-state index in [0.717, 1.165) is 17.4 Å². The number of nitrogens with zero attached hydrogens (tertiary/aromatic N) is 2. The zero-order valence-corrected chi connectivity index (χ0v) is 19.7. The van der Waals surface area contributed by atoms with E-state index >= 15 is 0 Å². The zero-order valence-electron chi connectivity index (χ0n) is 18.9. The maximum absolute atomic E-state index is 14.0. The Morgan fingerprint density at radius 3 is 2.59 bits per heavy atom. The van der Waals surface area contributed by atoms with Gasteiger partial charge in [-0.2, -0.15) is 0 Å². The first-order chi connectivity index (χ1) is 16.3. The molecule has 0 unspecified atom stereocenters. The molecule has 1 aromatic heterocycles. The monoisotopic (exact) mass is 479 g/mol. The third-order valence-electron chi connectivity index (χ3n) is 5.30. The number of carbonyl (C=O) groups is 2. The van der Waals surface area contributed by atoms with E-state index in [-0.39, 0.29) is 24.2 Å². The molecule has 0 atom stereocenters. The lowest BCUT2D eigenvalue weighted by atomic mass is 10.0. The van der Waals surface area contributed by atoms with Gasteiger partial charge in [-0.15, -0.1) is 0 Å². The molecule has 1 amide bonds. The van der Waals surface area contributed by atoms with Crippen LogP contribution >= 0.6 is 11.6 Å². The number of imidazole rings is 1. The second-order valence-electron chi connectivity index (χ2n) is 8.19. The first-order valence-electron chi connectivity index (χ1n) is 10.7. The molecule has 0 aliphatic heterocycles. The molecular formula is C26H23ClFN3O3. The van der Waals surface area contributed by atoms with Gasteiger partial charge in [0.05, 0.1) is 18.1 Å². The van der Waals surface area contributed by atoms with Gasteiger partial charge >= 0.3 is 0 Å². The number of benzene rings is 3. The van der Waals surface area contributed by atoms with Crippen molar-refractivity contribution in [1.29, 1.82) is 0 Å². The van der Waals surface area contributed by atoms with Crippen LogP contribution in [0.3, 0.4) is 0 Å². The van der Waals surface area contributed by atoms with E-state index in [1.165, 1.54) is 13.2 Å². The van der Waals surface area contributed by atoms with E-state index in [0.29, 0.717) is 33.0 Å². The van der Waals surface area contributed by atoms with Crippen LogP contribution in [0.25, 0.3) is 33.5 Å². The number of rotatable bonds is 7. The van der Waals surface area contributed by atoms with Gasteiger partial charge in [0, 0.05) is 22.2 Å². The SMILES string of the molecule is COc1cc(-c2nc3ccc(-c4cc(Cl)cc(C=O)c4)cc3n2CC(=O)NC(C)C)ccc1F. The Balaban J connectivity index is 1.90. The number of hydrogen-bond acceptors (Lipinski definition) is 4. The van der Waals surface area contributed by atoms with Crippen molar-refractivity contribution in [3.8, 4) is 28.3 Å². The van der Waals surface area contributed by atoms with Crippen molar-refractivity contribution in [2.45, 2.75) is 26.4 Å². The molecule has 1 heterocycles. The molecule has 6 nitrogen and oxygen atoms in total. The predicted octanol–water partition coefficient (Wildman–Crippen LogP) is 5.51. The number of halogens is 2. The number of fused-ring (bicyclic) bond motifs is 1. The van der Waals surface area contributed by atoms with Crippen LogP contribution in [0.1, 0.15) is 24.2 Å². The number of carbonyl (C=O) groups excluding carboxylic acids is 2. The molecule has 0 spiro atoms. The molecule has 0 fully saturated rings. The summed E-state index contributed by atoms with van der Waals surface area (Å²) in [6.45, 7) is 3.79. The Hall–Kier alpha value is -3.71. The molecule has 8 heteroatoms. The molecule has 4 rings (SSSR count). The highest BCUT2D eigenvalue weighted by Gasteiger charge is 2.18. The Morgan fingerprint density at radius 1 is 1.12 bits per heavy atom. The van der Waals surface area contributed by atoms with E-state index in [1.54, 1.807) is 34.9 Å². The third-order valence-corrected chi connectivity index (χ3v) is 5.52. The molecule has 34 heavy (non-hydrogen) atoms. The lowest BCUT2D eigenvalue weighted by Crippen LogP contribution is -2.33. The van der Waals surface area contributed by atoms with Gasteiger partial charge in [0.1, 0.15) is 18.7 Å². The Labute approximate surface area is 201 Å². The van der Waals surface area contributed by atoms with Crippen molar-refractivity contribution in [3.05, 3.63) is 71.0 Å². The summed E-state index contributed by atoms with van der Waals surface area (Å²) < 4.78 is 20.9. The van der Waals surface area contributed by atoms with Crippen LogP contribution in [-0.2, 0) is 11.3 Å². The van der Waals surface area contributed by atoms with E-state index in [1.807, 2.05) is 32.0 Å². The quantitative estimate of drug-likeness (QED) is 0.355. The number of ether oxygens (including phenoxy) is 1. The summed E-state index contributed by atoms with van der Waals surface area (Å²) in [6, 6.07) is 15.2. The number of nitrogens with one attached hydrogen (secondary N) is 1. The van der Waals surface area contributed by atoms with Crippen LogP contribution in [0.5, 0.6) is 5.75 Å². The zero-order chi connectivity index (χ0) is 24.4. The average Bonchev–Trinajstić information content (AvgIpc) is 3.15. The van der Waals surface area contributed by atoms with E-state index in [9.17, 15) is 14.0 Å². The van der Waals surface area contributed by atoms with Crippen LogP contribution in [0.2, 0.25) is 5.02 Å². The van der Waals surface area contributed by atoms with Crippen LogP contribution in [0.15, 0.2) is 54.6 Å². The molecular weight excluding hydrogens is 457 g/mol. The number of aromatic nitrogens is 2. The van der Waals surface area contributed by atoms with Gasteiger partial charge in [-0.3, -0.25) is 9.59 Å². The van der Waals surface area contributed by atoms with Gasteiger partial charge in [-0.1, -0.05) is 17.7 Å². The maximum atomic E-state index is 14.0. The smallest absolute Gasteiger partial charge is 0.240 e. The minimum atomic E-state index is -0.485. The summed E-state index contributed by atoms with van der Waals surface area (Å²) in [4.78, 5) is 28.7. The highest BCUT2D eigenvalue weighted by atomic mass is 35.5. The van der Waals surface area contributed by atoms with Crippen LogP contribution in [0, 0.1) is 5.82 Å². The molecule has 4 aromatic rings. The highest BCUT2D eigenvalue weighted by Crippen LogP contribution is 2.32. The van der Waals surface area contributed by atoms with Crippen molar-refractivity contribution in [1.82, 2.24) is 14.9 Å². The largest absolute Gasteiger partial charge is 0.494 e. The maximum Gasteiger partial charge on any atom is 0.240 e. The second-order valence-corrected chi connectivity index (χ2v) is 8.62. The van der Waals surface area contributed by atoms with Gasteiger partial charge in [0.15, 0.2) is 11.6 Å². The minimum Gasteiger partial charge on any atom is -0.494 e. The van der Waals surface area contributed by atoms with Crippen molar-refractivity contribution in [2.75, 3.05) is 7.11 Å². The molecule has 0 radical (unpaired) electrons. The summed E-state index contributed by atoms with van der Waals surface area (Å²) in [5.41, 5.74) is 4.03. The summed E-state index contributed by atoms with van der Waals surface area (Å²) in [6.07, 6.45) is 0.744. The molecule has 3 aromatic carbocycles. The highest BCUT2D eigenvalue weighted by molar-refractivity contribution is 6.31. The molecule has 174 valence electrons. The summed E-state index contributed by atoms with van der Waals surface area (Å²) >= 11 is 6.20. The lowest BCUT2D eigenvalue weighted by molar-refractivity contribution is -0.122. The van der Waals surface area contributed by atoms with E-state index in [2.05, 4.69) is 5.32 Å². The first-order valence-corrected chi connectivity index (χ1v) is 11.1. The van der Waals surface area contributed by atoms with E-state index < -0.39 is 5.82 Å². The van der Waals surface area contributed by atoms with Gasteiger partial charge in [0.2, 0.25) is 5.91 Å². The molecule has 0 saturated heterocycles. The van der Waals surface area contributed by atoms with Crippen molar-refractivity contribution in [3.63, 3.8) is 0 Å². The van der Waals surface area contributed by atoms with Gasteiger partial charge in [-0.05, 0) is 73.5 Å². The molecule has 0 saturated carbocycles. The first kappa shape index (κ1) is 23.4. The van der Waals surface area contributed by atoms with Crippen molar-refractivity contribution >= 4 is 34.8 Å². The lowest BCUT2D eigenvalue weighted by Gasteiger charge is -2.13. The summed E-state index contributed by atoms with van der Waals surface area (Å²) in [5.74, 6) is -0.0745. The van der Waals surface area contributed by atoms with Gasteiger partial charge < -0.3 is 14.6 Å². The number of methoxy groups -OCH3 is 1. The molecule has 0 aliphatic rings. The van der Waals surface area contributed by atoms with Crippen LogP contribution in [0.4, 0.5) is 4.39 Å². The van der Waals surface area contributed by atoms with Gasteiger partial charge in [-0.25, -0.2) is 9.37 Å². The predicted molar refractivity (Wildman–Crippen MR) is 131 cm³/mol. The molecule has 1 N–H and O–H groups in total. The normalized spacial score (nSPS) is 11.1. The third kappa shape index (κ3) is 4.79. The topological polar surface area (TPSA) is 73.2 Å². The molecule has 0 bridgehead atoms. The number of hydrogen-bond donors (Lipinski definition) is 1. The van der Waals surface area contributed by atoms with E-state index in [4.69, 9.17) is 21.3 Å². The average molecular weight is 480 g/mol. The fourth-order valence-corrected chi connectivity index (χ4v) is 4.08. The number of aldehydes is 1.